The van der Waals surface area contributed by atoms with Gasteiger partial charge < -0.3 is 0 Å². The third kappa shape index (κ3) is 3.04. The maximum atomic E-state index is 14.2. The summed E-state index contributed by atoms with van der Waals surface area (Å²) in [5.41, 5.74) is -0.679. The van der Waals surface area contributed by atoms with Gasteiger partial charge in [0.05, 0.1) is 10.6 Å². The third-order valence-corrected chi connectivity index (χ3v) is 4.12. The van der Waals surface area contributed by atoms with E-state index in [1.54, 1.807) is 20.8 Å². The van der Waals surface area contributed by atoms with Crippen molar-refractivity contribution in [3.8, 4) is 11.4 Å². The molecular formula is C12H12Cl2FN3O2S. The topological polar surface area (TPSA) is 64.8 Å². The molecule has 0 N–H and O–H groups in total. The highest BCUT2D eigenvalue weighted by atomic mass is 35.7. The summed E-state index contributed by atoms with van der Waals surface area (Å²) in [5.74, 6) is -0.655. The number of rotatable bonds is 2. The minimum atomic E-state index is -4.12. The second-order valence-corrected chi connectivity index (χ2v) is 8.22. The Morgan fingerprint density at radius 3 is 2.38 bits per heavy atom. The predicted molar refractivity (Wildman–Crippen MR) is 78.5 cm³/mol. The van der Waals surface area contributed by atoms with E-state index < -0.39 is 25.6 Å². The van der Waals surface area contributed by atoms with Gasteiger partial charge in [0.1, 0.15) is 0 Å². The van der Waals surface area contributed by atoms with Crippen molar-refractivity contribution in [3.05, 3.63) is 29.0 Å². The molecule has 1 aromatic heterocycles. The molecule has 1 aromatic carbocycles. The zero-order valence-electron chi connectivity index (χ0n) is 11.4. The van der Waals surface area contributed by atoms with Gasteiger partial charge in [-0.25, -0.2) is 12.8 Å². The minimum Gasteiger partial charge on any atom is -0.291 e. The lowest BCUT2D eigenvalue weighted by Gasteiger charge is -2.24. The molecule has 0 radical (unpaired) electrons. The molecule has 5 nitrogen and oxygen atoms in total. The van der Waals surface area contributed by atoms with E-state index in [4.69, 9.17) is 22.3 Å². The van der Waals surface area contributed by atoms with E-state index >= 15 is 0 Å². The van der Waals surface area contributed by atoms with Gasteiger partial charge in [0.2, 0.25) is 0 Å². The zero-order chi connectivity index (χ0) is 16.0. The Labute approximate surface area is 131 Å². The Hall–Kier alpha value is -1.18. The SMILES string of the molecule is CC(C)(C)n1c(-c2cccc(Cl)c2F)nnc1S(=O)(=O)Cl. The van der Waals surface area contributed by atoms with Gasteiger partial charge in [0.25, 0.3) is 14.2 Å². The lowest BCUT2D eigenvalue weighted by atomic mass is 10.1. The molecule has 0 saturated carbocycles. The summed E-state index contributed by atoms with van der Waals surface area (Å²) in [7, 11) is 1.25. The molecule has 1 heterocycles. The number of hydrogen-bond acceptors (Lipinski definition) is 4. The number of aromatic nitrogens is 3. The van der Waals surface area contributed by atoms with E-state index in [0.717, 1.165) is 0 Å². The Morgan fingerprint density at radius 1 is 1.24 bits per heavy atom. The van der Waals surface area contributed by atoms with Crippen LogP contribution in [0.15, 0.2) is 23.4 Å². The molecular weight excluding hydrogens is 340 g/mol. The van der Waals surface area contributed by atoms with Crippen LogP contribution in [0.5, 0.6) is 0 Å². The fourth-order valence-corrected chi connectivity index (χ4v) is 3.07. The van der Waals surface area contributed by atoms with Gasteiger partial charge >= 0.3 is 0 Å². The Bertz CT molecular complexity index is 797. The first kappa shape index (κ1) is 16.2. The average molecular weight is 352 g/mol. The van der Waals surface area contributed by atoms with Crippen molar-refractivity contribution in [2.45, 2.75) is 31.5 Å². The molecule has 0 saturated heterocycles. The summed E-state index contributed by atoms with van der Waals surface area (Å²) < 4.78 is 38.7. The summed E-state index contributed by atoms with van der Waals surface area (Å²) in [6.07, 6.45) is 0. The van der Waals surface area contributed by atoms with Crippen LogP contribution in [-0.4, -0.2) is 23.2 Å². The standard InChI is InChI=1S/C12H12Cl2FN3O2S/c1-12(2,3)18-10(16-17-11(18)21(14,19)20)7-5-4-6-8(13)9(7)15/h4-6H,1-3H3. The highest BCUT2D eigenvalue weighted by molar-refractivity contribution is 8.13. The van der Waals surface area contributed by atoms with Crippen LogP contribution in [0.3, 0.4) is 0 Å². The van der Waals surface area contributed by atoms with Crippen LogP contribution >= 0.6 is 22.3 Å². The molecule has 0 fully saturated rings. The Morgan fingerprint density at radius 2 is 1.86 bits per heavy atom. The van der Waals surface area contributed by atoms with Crippen molar-refractivity contribution in [2.24, 2.45) is 0 Å². The quantitative estimate of drug-likeness (QED) is 0.777. The summed E-state index contributed by atoms with van der Waals surface area (Å²) >= 11 is 5.75. The van der Waals surface area contributed by atoms with Crippen molar-refractivity contribution in [2.75, 3.05) is 0 Å². The maximum absolute atomic E-state index is 14.2. The third-order valence-electron chi connectivity index (χ3n) is 2.71. The zero-order valence-corrected chi connectivity index (χ0v) is 13.8. The molecule has 0 bridgehead atoms. The van der Waals surface area contributed by atoms with E-state index in [-0.39, 0.29) is 16.4 Å². The van der Waals surface area contributed by atoms with E-state index in [9.17, 15) is 12.8 Å². The Kier molecular flexibility index (Phi) is 4.03. The molecule has 0 amide bonds. The number of benzene rings is 1. The van der Waals surface area contributed by atoms with Gasteiger partial charge in [-0.05, 0) is 32.9 Å². The second-order valence-electron chi connectivity index (χ2n) is 5.35. The monoisotopic (exact) mass is 351 g/mol. The van der Waals surface area contributed by atoms with Crippen molar-refractivity contribution in [1.82, 2.24) is 14.8 Å². The fraction of sp³-hybridized carbons (Fsp3) is 0.333. The molecule has 114 valence electrons. The molecule has 2 rings (SSSR count). The molecule has 0 unspecified atom stereocenters. The number of hydrogen-bond donors (Lipinski definition) is 0. The minimum absolute atomic E-state index is 0.0433. The number of nitrogens with zero attached hydrogens (tertiary/aromatic N) is 3. The lowest BCUT2D eigenvalue weighted by molar-refractivity contribution is 0.366. The van der Waals surface area contributed by atoms with Gasteiger partial charge in [-0.15, -0.1) is 10.2 Å². The van der Waals surface area contributed by atoms with Crippen LogP contribution in [0.2, 0.25) is 5.02 Å². The van der Waals surface area contributed by atoms with Crippen LogP contribution in [0.4, 0.5) is 4.39 Å². The van der Waals surface area contributed by atoms with Crippen LogP contribution in [0.25, 0.3) is 11.4 Å². The first-order chi connectivity index (χ1) is 9.53. The van der Waals surface area contributed by atoms with E-state index in [0.29, 0.717) is 0 Å². The van der Waals surface area contributed by atoms with Gasteiger partial charge in [0.15, 0.2) is 11.6 Å². The number of halogens is 3. The molecule has 9 heteroatoms. The van der Waals surface area contributed by atoms with E-state index in [2.05, 4.69) is 10.2 Å². The summed E-state index contributed by atoms with van der Waals surface area (Å²) in [6, 6.07) is 4.37. The van der Waals surface area contributed by atoms with Crippen LogP contribution < -0.4 is 0 Å². The Balaban J connectivity index is 2.83. The van der Waals surface area contributed by atoms with Gasteiger partial charge in [-0.3, -0.25) is 4.57 Å². The lowest BCUT2D eigenvalue weighted by Crippen LogP contribution is -2.26. The smallest absolute Gasteiger partial charge is 0.291 e. The van der Waals surface area contributed by atoms with Gasteiger partial charge in [0, 0.05) is 16.2 Å². The van der Waals surface area contributed by atoms with E-state index in [1.165, 1.54) is 22.8 Å². The molecule has 0 atom stereocenters. The van der Waals surface area contributed by atoms with Crippen molar-refractivity contribution in [1.29, 1.82) is 0 Å². The van der Waals surface area contributed by atoms with Gasteiger partial charge in [-0.2, -0.15) is 0 Å². The predicted octanol–water partition coefficient (Wildman–Crippen LogP) is 3.42. The van der Waals surface area contributed by atoms with Crippen LogP contribution in [-0.2, 0) is 14.6 Å². The largest absolute Gasteiger partial charge is 0.296 e. The molecule has 21 heavy (non-hydrogen) atoms. The van der Waals surface area contributed by atoms with Crippen molar-refractivity contribution < 1.29 is 12.8 Å². The maximum Gasteiger partial charge on any atom is 0.296 e. The van der Waals surface area contributed by atoms with Crippen LogP contribution in [0, 0.1) is 5.82 Å². The van der Waals surface area contributed by atoms with Crippen LogP contribution in [0.1, 0.15) is 20.8 Å². The summed E-state index contributed by atoms with van der Waals surface area (Å²) in [4.78, 5) is 0. The molecule has 2 aromatic rings. The fourth-order valence-electron chi connectivity index (χ4n) is 1.88. The highest BCUT2D eigenvalue weighted by Gasteiger charge is 2.31. The van der Waals surface area contributed by atoms with Gasteiger partial charge in [-0.1, -0.05) is 17.7 Å². The average Bonchev–Trinajstić information content (AvgIpc) is 2.76. The molecule has 0 aliphatic rings. The molecule has 0 aliphatic heterocycles. The van der Waals surface area contributed by atoms with Crippen molar-refractivity contribution >= 4 is 31.3 Å². The first-order valence-electron chi connectivity index (χ1n) is 5.88. The second kappa shape index (κ2) is 5.23. The summed E-state index contributed by atoms with van der Waals surface area (Å²) in [5, 5.41) is 6.83. The van der Waals surface area contributed by atoms with E-state index in [1.807, 2.05) is 0 Å². The normalized spacial score (nSPS) is 12.7. The van der Waals surface area contributed by atoms with Crippen molar-refractivity contribution in [3.63, 3.8) is 0 Å². The summed E-state index contributed by atoms with van der Waals surface area (Å²) in [6.45, 7) is 5.19. The first-order valence-corrected chi connectivity index (χ1v) is 8.57. The molecule has 0 aliphatic carbocycles. The highest BCUT2D eigenvalue weighted by Crippen LogP contribution is 2.32. The molecule has 0 spiro atoms.